The van der Waals surface area contributed by atoms with Crippen molar-refractivity contribution < 1.29 is 13.6 Å². The monoisotopic (exact) mass is 497 g/mol. The number of piperazine rings is 1. The van der Waals surface area contributed by atoms with Gasteiger partial charge in [-0.05, 0) is 65.5 Å². The van der Waals surface area contributed by atoms with E-state index in [-0.39, 0.29) is 23.9 Å². The number of rotatable bonds is 3. The number of benzene rings is 2. The summed E-state index contributed by atoms with van der Waals surface area (Å²) in [7, 11) is 2.05. The molecule has 1 amide bonds. The summed E-state index contributed by atoms with van der Waals surface area (Å²) in [5.41, 5.74) is 1.63. The average Bonchev–Trinajstić information content (AvgIpc) is 2.93. The Kier molecular flexibility index (Phi) is 5.41. The summed E-state index contributed by atoms with van der Waals surface area (Å²) in [5.74, 6) is -3.18. The number of carbonyl (C=O) groups is 1. The molecular formula is C21H22F2IN3O. The third kappa shape index (κ3) is 3.92. The maximum atomic E-state index is 14.8. The molecule has 28 heavy (non-hydrogen) atoms. The summed E-state index contributed by atoms with van der Waals surface area (Å²) < 4.78 is 30.5. The molecule has 1 aliphatic carbocycles. The van der Waals surface area contributed by atoms with Gasteiger partial charge in [-0.15, -0.1) is 0 Å². The fraction of sp³-hybridized carbons (Fsp3) is 0.381. The number of nitrogens with one attached hydrogen (secondary N) is 1. The molecule has 1 aliphatic heterocycles. The standard InChI is InChI=1S/C21H22F2IN3O/c1-26-7-9-27(10-8-26)19-13-21(22,23)18-12-16(5-6-17(18)19)25-20(28)14-3-2-4-15(24)11-14/h2-6,11-12,19H,7-10,13H2,1H3,(H,25,28)/t19-/m1/s1. The number of fused-ring (bicyclic) bond motifs is 1. The van der Waals surface area contributed by atoms with Gasteiger partial charge in [-0.3, -0.25) is 9.69 Å². The van der Waals surface area contributed by atoms with Gasteiger partial charge in [0.15, 0.2) is 0 Å². The van der Waals surface area contributed by atoms with Gasteiger partial charge in [0.2, 0.25) is 0 Å². The molecule has 1 N–H and O–H groups in total. The van der Waals surface area contributed by atoms with E-state index >= 15 is 0 Å². The van der Waals surface area contributed by atoms with Crippen molar-refractivity contribution in [3.8, 4) is 0 Å². The fourth-order valence-electron chi connectivity index (χ4n) is 4.00. The highest BCUT2D eigenvalue weighted by Crippen LogP contribution is 2.50. The molecule has 1 atom stereocenters. The molecule has 148 valence electrons. The molecule has 0 bridgehead atoms. The number of nitrogens with zero attached hydrogens (tertiary/aromatic N) is 2. The van der Waals surface area contributed by atoms with Crippen LogP contribution in [0.5, 0.6) is 0 Å². The largest absolute Gasteiger partial charge is 0.322 e. The summed E-state index contributed by atoms with van der Waals surface area (Å²) >= 11 is 2.14. The number of anilines is 1. The Hall–Kier alpha value is -1.58. The van der Waals surface area contributed by atoms with Crippen LogP contribution in [0.2, 0.25) is 0 Å². The zero-order chi connectivity index (χ0) is 19.9. The zero-order valence-electron chi connectivity index (χ0n) is 15.6. The lowest BCUT2D eigenvalue weighted by Gasteiger charge is -2.36. The van der Waals surface area contributed by atoms with E-state index < -0.39 is 5.92 Å². The molecule has 2 aromatic carbocycles. The van der Waals surface area contributed by atoms with E-state index in [9.17, 15) is 13.6 Å². The van der Waals surface area contributed by atoms with Crippen LogP contribution in [0, 0.1) is 3.57 Å². The van der Waals surface area contributed by atoms with E-state index in [0.29, 0.717) is 16.8 Å². The highest BCUT2D eigenvalue weighted by atomic mass is 127. The highest BCUT2D eigenvalue weighted by molar-refractivity contribution is 14.1. The first kappa shape index (κ1) is 19.7. The van der Waals surface area contributed by atoms with Crippen LogP contribution in [0.4, 0.5) is 14.5 Å². The van der Waals surface area contributed by atoms with Crippen molar-refractivity contribution in [1.82, 2.24) is 9.80 Å². The Labute approximate surface area is 177 Å². The molecule has 0 aromatic heterocycles. The van der Waals surface area contributed by atoms with Crippen molar-refractivity contribution in [2.45, 2.75) is 18.4 Å². The van der Waals surface area contributed by atoms with Gasteiger partial charge >= 0.3 is 0 Å². The van der Waals surface area contributed by atoms with Crippen LogP contribution in [-0.4, -0.2) is 48.9 Å². The van der Waals surface area contributed by atoms with Crippen LogP contribution in [0.15, 0.2) is 42.5 Å². The molecule has 7 heteroatoms. The molecule has 0 spiro atoms. The zero-order valence-corrected chi connectivity index (χ0v) is 17.7. The molecule has 2 aliphatic rings. The van der Waals surface area contributed by atoms with Crippen LogP contribution >= 0.6 is 22.6 Å². The summed E-state index contributed by atoms with van der Waals surface area (Å²) in [6, 6.07) is 11.8. The van der Waals surface area contributed by atoms with E-state index in [1.807, 2.05) is 6.07 Å². The third-order valence-corrected chi connectivity index (χ3v) is 6.25. The molecule has 2 aromatic rings. The smallest absolute Gasteiger partial charge is 0.275 e. The molecule has 1 heterocycles. The molecule has 1 fully saturated rings. The van der Waals surface area contributed by atoms with Crippen molar-refractivity contribution in [1.29, 1.82) is 0 Å². The lowest BCUT2D eigenvalue weighted by molar-refractivity contribution is -0.0257. The Balaban J connectivity index is 1.56. The number of amides is 1. The first-order valence-electron chi connectivity index (χ1n) is 9.35. The molecule has 0 radical (unpaired) electrons. The maximum absolute atomic E-state index is 14.8. The van der Waals surface area contributed by atoms with Gasteiger partial charge in [0.05, 0.1) is 0 Å². The van der Waals surface area contributed by atoms with E-state index in [1.165, 1.54) is 6.07 Å². The fourth-order valence-corrected chi connectivity index (χ4v) is 4.54. The van der Waals surface area contributed by atoms with Crippen LogP contribution in [-0.2, 0) is 5.92 Å². The summed E-state index contributed by atoms with van der Waals surface area (Å²) in [6.07, 6.45) is -0.194. The third-order valence-electron chi connectivity index (χ3n) is 5.58. The quantitative estimate of drug-likeness (QED) is 0.642. The molecule has 0 unspecified atom stereocenters. The van der Waals surface area contributed by atoms with Crippen molar-refractivity contribution in [2.75, 3.05) is 38.5 Å². The van der Waals surface area contributed by atoms with E-state index in [2.05, 4.69) is 44.8 Å². The Bertz CT molecular complexity index is 897. The van der Waals surface area contributed by atoms with Crippen molar-refractivity contribution >= 4 is 34.2 Å². The second-order valence-electron chi connectivity index (χ2n) is 7.53. The van der Waals surface area contributed by atoms with Gasteiger partial charge in [0, 0.05) is 59.0 Å². The first-order chi connectivity index (χ1) is 13.3. The van der Waals surface area contributed by atoms with Gasteiger partial charge in [-0.1, -0.05) is 12.1 Å². The Morgan fingerprint density at radius 1 is 1.14 bits per heavy atom. The summed E-state index contributed by atoms with van der Waals surface area (Å²) in [5, 5.41) is 2.76. The Morgan fingerprint density at radius 3 is 2.61 bits per heavy atom. The van der Waals surface area contributed by atoms with E-state index in [0.717, 1.165) is 29.7 Å². The maximum Gasteiger partial charge on any atom is 0.275 e. The molecule has 1 saturated heterocycles. The summed E-state index contributed by atoms with van der Waals surface area (Å²) in [6.45, 7) is 3.37. The van der Waals surface area contributed by atoms with Crippen LogP contribution in [0.3, 0.4) is 0 Å². The SMILES string of the molecule is CN1CCN([C@@H]2CC(F)(F)c3cc(NC(=O)c4cccc(I)c4)ccc32)CC1. The normalized spacial score (nSPS) is 22.1. The number of alkyl halides is 2. The van der Waals surface area contributed by atoms with Crippen molar-refractivity contribution in [3.63, 3.8) is 0 Å². The minimum atomic E-state index is -2.88. The number of likely N-dealkylation sites (N-methyl/N-ethyl adjacent to an activating group) is 1. The molecular weight excluding hydrogens is 475 g/mol. The Morgan fingerprint density at radius 2 is 1.89 bits per heavy atom. The number of halogens is 3. The molecule has 4 rings (SSSR count). The predicted octanol–water partition coefficient (Wildman–Crippen LogP) is 4.33. The first-order valence-corrected chi connectivity index (χ1v) is 10.4. The second-order valence-corrected chi connectivity index (χ2v) is 8.78. The van der Waals surface area contributed by atoms with Gasteiger partial charge in [0.1, 0.15) is 0 Å². The van der Waals surface area contributed by atoms with E-state index in [4.69, 9.17) is 0 Å². The average molecular weight is 497 g/mol. The van der Waals surface area contributed by atoms with Crippen LogP contribution in [0.25, 0.3) is 0 Å². The number of hydrogen-bond donors (Lipinski definition) is 1. The minimum absolute atomic E-state index is 0.0388. The van der Waals surface area contributed by atoms with Gasteiger partial charge < -0.3 is 10.2 Å². The molecule has 0 saturated carbocycles. The summed E-state index contributed by atoms with van der Waals surface area (Å²) in [4.78, 5) is 16.8. The second kappa shape index (κ2) is 7.68. The number of carbonyl (C=O) groups excluding carboxylic acids is 1. The lowest BCUT2D eigenvalue weighted by Crippen LogP contribution is -2.45. The van der Waals surface area contributed by atoms with Crippen molar-refractivity contribution in [3.05, 3.63) is 62.7 Å². The lowest BCUT2D eigenvalue weighted by atomic mass is 10.0. The van der Waals surface area contributed by atoms with Gasteiger partial charge in [-0.2, -0.15) is 0 Å². The highest BCUT2D eigenvalue weighted by Gasteiger charge is 2.47. The van der Waals surface area contributed by atoms with Crippen LogP contribution in [0.1, 0.15) is 33.9 Å². The van der Waals surface area contributed by atoms with Crippen molar-refractivity contribution in [2.24, 2.45) is 0 Å². The topological polar surface area (TPSA) is 35.6 Å². The van der Waals surface area contributed by atoms with Gasteiger partial charge in [-0.25, -0.2) is 8.78 Å². The molecule has 4 nitrogen and oxygen atoms in total. The predicted molar refractivity (Wildman–Crippen MR) is 114 cm³/mol. The van der Waals surface area contributed by atoms with Crippen LogP contribution < -0.4 is 5.32 Å². The van der Waals surface area contributed by atoms with E-state index in [1.54, 1.807) is 30.3 Å². The van der Waals surface area contributed by atoms with Gasteiger partial charge in [0.25, 0.3) is 11.8 Å². The minimum Gasteiger partial charge on any atom is -0.322 e. The number of hydrogen-bond acceptors (Lipinski definition) is 3.